The Bertz CT molecular complexity index is 2980. The molecule has 2 heterocycles. The van der Waals surface area contributed by atoms with Gasteiger partial charge in [0.05, 0.1) is 11.0 Å². The van der Waals surface area contributed by atoms with E-state index in [4.69, 9.17) is 4.42 Å². The van der Waals surface area contributed by atoms with Gasteiger partial charge in [0.15, 0.2) is 0 Å². The summed E-state index contributed by atoms with van der Waals surface area (Å²) in [6.45, 7) is 0. The first-order valence-electron chi connectivity index (χ1n) is 17.6. The van der Waals surface area contributed by atoms with Gasteiger partial charge in [0.25, 0.3) is 0 Å². The Hall–Kier alpha value is -6.64. The maximum Gasteiger partial charge on any atom is 0.143 e. The number of furan rings is 1. The Kier molecular flexibility index (Phi) is 6.05. The van der Waals surface area contributed by atoms with Crippen molar-refractivity contribution in [3.63, 3.8) is 0 Å². The highest BCUT2D eigenvalue weighted by Gasteiger charge is 2.21. The van der Waals surface area contributed by atoms with Crippen LogP contribution in [0.2, 0.25) is 0 Å². The van der Waals surface area contributed by atoms with E-state index in [2.05, 4.69) is 168 Å². The molecule has 10 aromatic rings. The molecule has 51 heavy (non-hydrogen) atoms. The third-order valence-corrected chi connectivity index (χ3v) is 10.8. The van der Waals surface area contributed by atoms with Crippen molar-refractivity contribution < 1.29 is 4.42 Å². The van der Waals surface area contributed by atoms with Crippen molar-refractivity contribution in [2.24, 2.45) is 0 Å². The summed E-state index contributed by atoms with van der Waals surface area (Å²) in [6.07, 6.45) is 0.968. The first-order valence-corrected chi connectivity index (χ1v) is 17.6. The monoisotopic (exact) mass is 649 g/mol. The summed E-state index contributed by atoms with van der Waals surface area (Å²) in [5, 5.41) is 4.86. The van der Waals surface area contributed by atoms with Gasteiger partial charge in [0.2, 0.25) is 0 Å². The minimum atomic E-state index is 0.925. The molecule has 0 saturated carbocycles. The van der Waals surface area contributed by atoms with Crippen LogP contribution in [0.15, 0.2) is 180 Å². The van der Waals surface area contributed by atoms with E-state index in [1.54, 1.807) is 0 Å². The van der Waals surface area contributed by atoms with Crippen molar-refractivity contribution in [3.05, 3.63) is 187 Å². The molecule has 8 aromatic carbocycles. The van der Waals surface area contributed by atoms with E-state index in [0.29, 0.717) is 0 Å². The lowest BCUT2D eigenvalue weighted by atomic mass is 9.95. The van der Waals surface area contributed by atoms with Gasteiger partial charge in [-0.3, -0.25) is 0 Å². The Morgan fingerprint density at radius 2 is 0.961 bits per heavy atom. The number of hydrogen-bond acceptors (Lipinski definition) is 1. The average molecular weight is 650 g/mol. The van der Waals surface area contributed by atoms with Gasteiger partial charge in [-0.1, -0.05) is 127 Å². The Morgan fingerprint density at radius 3 is 1.76 bits per heavy atom. The fraction of sp³-hybridized carbons (Fsp3) is 0.0204. The summed E-state index contributed by atoms with van der Waals surface area (Å²) in [4.78, 5) is 0. The highest BCUT2D eigenvalue weighted by atomic mass is 16.3. The second kappa shape index (κ2) is 10.9. The first-order chi connectivity index (χ1) is 25.3. The molecule has 0 bridgehead atoms. The van der Waals surface area contributed by atoms with Crippen LogP contribution in [0.3, 0.4) is 0 Å². The summed E-state index contributed by atoms with van der Waals surface area (Å²) < 4.78 is 8.71. The van der Waals surface area contributed by atoms with Crippen LogP contribution in [0.25, 0.3) is 93.9 Å². The van der Waals surface area contributed by atoms with Gasteiger partial charge in [0.1, 0.15) is 11.2 Å². The second-order valence-corrected chi connectivity index (χ2v) is 13.7. The van der Waals surface area contributed by atoms with Crippen molar-refractivity contribution in [1.29, 1.82) is 0 Å². The van der Waals surface area contributed by atoms with Crippen LogP contribution in [-0.4, -0.2) is 4.57 Å². The van der Waals surface area contributed by atoms with Crippen molar-refractivity contribution in [3.8, 4) is 50.2 Å². The van der Waals surface area contributed by atoms with E-state index >= 15 is 0 Å². The number of hydrogen-bond donors (Lipinski definition) is 0. The lowest BCUT2D eigenvalue weighted by Gasteiger charge is -2.10. The van der Waals surface area contributed by atoms with E-state index in [9.17, 15) is 0 Å². The molecular weight excluding hydrogens is 619 g/mol. The summed E-state index contributed by atoms with van der Waals surface area (Å²) in [7, 11) is 0. The fourth-order valence-corrected chi connectivity index (χ4v) is 8.35. The molecule has 11 rings (SSSR count). The maximum absolute atomic E-state index is 6.34. The highest BCUT2D eigenvalue weighted by molar-refractivity contribution is 6.11. The molecule has 0 fully saturated rings. The molecular formula is C49H31NO. The third kappa shape index (κ3) is 4.36. The van der Waals surface area contributed by atoms with Crippen molar-refractivity contribution in [1.82, 2.24) is 4.57 Å². The van der Waals surface area contributed by atoms with Crippen LogP contribution in [0.1, 0.15) is 11.1 Å². The molecule has 1 aliphatic rings. The second-order valence-electron chi connectivity index (χ2n) is 13.7. The minimum absolute atomic E-state index is 0.925. The lowest BCUT2D eigenvalue weighted by Crippen LogP contribution is -1.92. The Balaban J connectivity index is 0.957. The molecule has 0 radical (unpaired) electrons. The number of aromatic nitrogens is 1. The summed E-state index contributed by atoms with van der Waals surface area (Å²) >= 11 is 0. The van der Waals surface area contributed by atoms with Gasteiger partial charge >= 0.3 is 0 Å². The molecule has 0 spiro atoms. The molecule has 1 aliphatic carbocycles. The highest BCUT2D eigenvalue weighted by Crippen LogP contribution is 2.43. The molecule has 0 N–H and O–H groups in total. The van der Waals surface area contributed by atoms with Crippen LogP contribution >= 0.6 is 0 Å². The smallest absolute Gasteiger partial charge is 0.143 e. The molecule has 238 valence electrons. The number of rotatable bonds is 4. The number of fused-ring (bicyclic) bond motifs is 9. The normalized spacial score (nSPS) is 12.2. The average Bonchev–Trinajstić information content (AvgIpc) is 3.87. The molecule has 2 aromatic heterocycles. The van der Waals surface area contributed by atoms with Gasteiger partial charge in [0, 0.05) is 32.8 Å². The lowest BCUT2D eigenvalue weighted by molar-refractivity contribution is 0.670. The first kappa shape index (κ1) is 28.2. The largest absolute Gasteiger partial charge is 0.455 e. The zero-order chi connectivity index (χ0) is 33.5. The van der Waals surface area contributed by atoms with Gasteiger partial charge in [-0.25, -0.2) is 0 Å². The standard InChI is InChI=1S/C49H31NO/c1-2-9-38(10-3-1)50-46-15-6-4-11-40(46)45-30-35(25-26-47(45)50)34-22-24-37-27-36-23-21-33(28-43(36)44(37)29-34)31-17-19-32(20-18-31)39-13-8-14-42-41-12-5-7-16-48(41)51-49(39)42/h1-26,28-30H,27H2. The van der Waals surface area contributed by atoms with E-state index in [-0.39, 0.29) is 0 Å². The Labute approximate surface area is 295 Å². The van der Waals surface area contributed by atoms with Crippen LogP contribution in [0.5, 0.6) is 0 Å². The molecule has 0 aliphatic heterocycles. The van der Waals surface area contributed by atoms with Gasteiger partial charge in [-0.05, 0) is 105 Å². The minimum Gasteiger partial charge on any atom is -0.455 e. The van der Waals surface area contributed by atoms with Crippen LogP contribution in [-0.2, 0) is 6.42 Å². The fourth-order valence-electron chi connectivity index (χ4n) is 8.35. The zero-order valence-corrected chi connectivity index (χ0v) is 27.8. The van der Waals surface area contributed by atoms with Crippen LogP contribution < -0.4 is 0 Å². The summed E-state index contributed by atoms with van der Waals surface area (Å²) in [5.74, 6) is 0. The predicted octanol–water partition coefficient (Wildman–Crippen LogP) is 13.3. The van der Waals surface area contributed by atoms with Crippen molar-refractivity contribution in [2.75, 3.05) is 0 Å². The van der Waals surface area contributed by atoms with Crippen molar-refractivity contribution in [2.45, 2.75) is 6.42 Å². The van der Waals surface area contributed by atoms with E-state index < -0.39 is 0 Å². The third-order valence-electron chi connectivity index (χ3n) is 10.8. The molecule has 0 amide bonds. The topological polar surface area (TPSA) is 18.1 Å². The SMILES string of the molecule is c1ccc(-n2c3ccccc3c3cc(-c4ccc5c(c4)-c4cc(-c6ccc(-c7cccc8c7oc7ccccc78)cc6)ccc4C5)ccc32)cc1. The van der Waals surface area contributed by atoms with Gasteiger partial charge in [-0.2, -0.15) is 0 Å². The van der Waals surface area contributed by atoms with Crippen LogP contribution in [0.4, 0.5) is 0 Å². The molecule has 0 atom stereocenters. The quantitative estimate of drug-likeness (QED) is 0.186. The number of para-hydroxylation sites is 4. The predicted molar refractivity (Wildman–Crippen MR) is 213 cm³/mol. The zero-order valence-electron chi connectivity index (χ0n) is 27.8. The van der Waals surface area contributed by atoms with Gasteiger partial charge in [-0.15, -0.1) is 0 Å². The number of benzene rings is 8. The van der Waals surface area contributed by atoms with E-state index in [1.807, 2.05) is 12.1 Å². The van der Waals surface area contributed by atoms with Gasteiger partial charge < -0.3 is 8.98 Å². The van der Waals surface area contributed by atoms with E-state index in [1.165, 1.54) is 72.0 Å². The molecule has 0 unspecified atom stereocenters. The molecule has 2 heteroatoms. The maximum atomic E-state index is 6.34. The van der Waals surface area contributed by atoms with Crippen molar-refractivity contribution >= 4 is 43.7 Å². The summed E-state index contributed by atoms with van der Waals surface area (Å²) in [5.41, 5.74) is 18.2. The Morgan fingerprint density at radius 1 is 0.373 bits per heavy atom. The molecule has 2 nitrogen and oxygen atoms in total. The molecule has 0 saturated heterocycles. The summed E-state index contributed by atoms with van der Waals surface area (Å²) in [6, 6.07) is 64.0. The van der Waals surface area contributed by atoms with Crippen LogP contribution in [0, 0.1) is 0 Å². The van der Waals surface area contributed by atoms with E-state index in [0.717, 1.165) is 39.5 Å². The number of nitrogens with zero attached hydrogens (tertiary/aromatic N) is 1.